The number of alkyl halides is 3. The maximum atomic E-state index is 12.2. The van der Waals surface area contributed by atoms with Crippen LogP contribution in [-0.2, 0) is 15.7 Å². The summed E-state index contributed by atoms with van der Waals surface area (Å²) in [5, 5.41) is 0. The molecule has 1 heterocycles. The number of hydrogen-bond donors (Lipinski definition) is 0. The summed E-state index contributed by atoms with van der Waals surface area (Å²) in [4.78, 5) is 14.5. The Kier molecular flexibility index (Phi) is 4.72. The lowest BCUT2D eigenvalue weighted by atomic mass is 10.2. The van der Waals surface area contributed by atoms with Crippen molar-refractivity contribution in [1.29, 1.82) is 0 Å². The topological polar surface area (TPSA) is 39.2 Å². The SMILES string of the molecule is CCOC(=O)CC#Cc1ccc(C(F)(F)F)cn1. The Morgan fingerprint density at radius 1 is 1.44 bits per heavy atom. The molecule has 6 heteroatoms. The predicted molar refractivity (Wildman–Crippen MR) is 57.4 cm³/mol. The molecule has 0 N–H and O–H groups in total. The second kappa shape index (κ2) is 6.05. The molecule has 0 fully saturated rings. The van der Waals surface area contributed by atoms with Crippen LogP contribution in [0.4, 0.5) is 13.2 Å². The highest BCUT2D eigenvalue weighted by molar-refractivity contribution is 5.72. The van der Waals surface area contributed by atoms with Gasteiger partial charge in [0.2, 0.25) is 0 Å². The highest BCUT2D eigenvalue weighted by Crippen LogP contribution is 2.28. The fourth-order valence-electron chi connectivity index (χ4n) is 1.05. The van der Waals surface area contributed by atoms with Crippen LogP contribution in [0.5, 0.6) is 0 Å². The summed E-state index contributed by atoms with van der Waals surface area (Å²) in [7, 11) is 0. The number of rotatable bonds is 2. The van der Waals surface area contributed by atoms with Crippen molar-refractivity contribution in [3.8, 4) is 11.8 Å². The minimum absolute atomic E-state index is 0.115. The molecule has 0 spiro atoms. The van der Waals surface area contributed by atoms with Crippen LogP contribution in [0.3, 0.4) is 0 Å². The second-order valence-electron chi connectivity index (χ2n) is 3.21. The Hall–Kier alpha value is -2.03. The third-order valence-corrected chi connectivity index (χ3v) is 1.85. The number of ether oxygens (including phenoxy) is 1. The number of hydrogen-bond acceptors (Lipinski definition) is 3. The van der Waals surface area contributed by atoms with Crippen molar-refractivity contribution in [2.45, 2.75) is 19.5 Å². The molecule has 18 heavy (non-hydrogen) atoms. The number of esters is 1. The maximum absolute atomic E-state index is 12.2. The molecule has 0 amide bonds. The molecule has 96 valence electrons. The number of aromatic nitrogens is 1. The van der Waals surface area contributed by atoms with Crippen LogP contribution in [0, 0.1) is 11.8 Å². The van der Waals surface area contributed by atoms with Gasteiger partial charge in [0.05, 0.1) is 12.2 Å². The molecular formula is C12H10F3NO2. The summed E-state index contributed by atoms with van der Waals surface area (Å²) in [5.74, 6) is 4.48. The average Bonchev–Trinajstić information content (AvgIpc) is 2.29. The van der Waals surface area contributed by atoms with E-state index in [4.69, 9.17) is 0 Å². The van der Waals surface area contributed by atoms with E-state index in [-0.39, 0.29) is 18.7 Å². The molecule has 0 aliphatic rings. The molecule has 0 aliphatic carbocycles. The van der Waals surface area contributed by atoms with E-state index in [0.29, 0.717) is 6.20 Å². The first-order valence-electron chi connectivity index (χ1n) is 5.11. The molecular weight excluding hydrogens is 247 g/mol. The van der Waals surface area contributed by atoms with Crippen LogP contribution in [0.15, 0.2) is 18.3 Å². The molecule has 0 radical (unpaired) electrons. The van der Waals surface area contributed by atoms with Crippen molar-refractivity contribution in [1.82, 2.24) is 4.98 Å². The van der Waals surface area contributed by atoms with Crippen molar-refractivity contribution in [3.63, 3.8) is 0 Å². The van der Waals surface area contributed by atoms with Gasteiger partial charge >= 0.3 is 12.1 Å². The maximum Gasteiger partial charge on any atom is 0.417 e. The van der Waals surface area contributed by atoms with E-state index in [1.807, 2.05) is 0 Å². The molecule has 3 nitrogen and oxygen atoms in total. The summed E-state index contributed by atoms with van der Waals surface area (Å²) in [6.07, 6.45) is -3.82. The Morgan fingerprint density at radius 3 is 2.67 bits per heavy atom. The van der Waals surface area contributed by atoms with Gasteiger partial charge < -0.3 is 4.74 Å². The third-order valence-electron chi connectivity index (χ3n) is 1.85. The standard InChI is InChI=1S/C12H10F3NO2/c1-2-18-11(17)5-3-4-10-7-6-9(8-16-10)12(13,14)15/h6-8H,2,5H2,1H3. The zero-order valence-corrected chi connectivity index (χ0v) is 9.54. The monoisotopic (exact) mass is 257 g/mol. The highest BCUT2D eigenvalue weighted by Gasteiger charge is 2.30. The van der Waals surface area contributed by atoms with Crippen LogP contribution in [0.1, 0.15) is 24.6 Å². The van der Waals surface area contributed by atoms with Gasteiger partial charge in [0.1, 0.15) is 12.1 Å². The summed E-state index contributed by atoms with van der Waals surface area (Å²) in [6.45, 7) is 1.93. The first-order chi connectivity index (χ1) is 8.43. The summed E-state index contributed by atoms with van der Waals surface area (Å²) in [6, 6.07) is 2.04. The Bertz CT molecular complexity index is 469. The number of halogens is 3. The fraction of sp³-hybridized carbons (Fsp3) is 0.333. The Labute approximate surface area is 102 Å². The van der Waals surface area contributed by atoms with Gasteiger partial charge in [0.15, 0.2) is 0 Å². The second-order valence-corrected chi connectivity index (χ2v) is 3.21. The number of nitrogens with zero attached hydrogens (tertiary/aromatic N) is 1. The van der Waals surface area contributed by atoms with Crippen LogP contribution >= 0.6 is 0 Å². The zero-order valence-electron chi connectivity index (χ0n) is 9.54. The fourth-order valence-corrected chi connectivity index (χ4v) is 1.05. The molecule has 0 unspecified atom stereocenters. The third kappa shape index (κ3) is 4.45. The van der Waals surface area contributed by atoms with Crippen molar-refractivity contribution in [2.24, 2.45) is 0 Å². The Balaban J connectivity index is 2.65. The van der Waals surface area contributed by atoms with Crippen molar-refractivity contribution in [2.75, 3.05) is 6.61 Å². The first kappa shape index (κ1) is 14.0. The van der Waals surface area contributed by atoms with Crippen LogP contribution in [0.2, 0.25) is 0 Å². The van der Waals surface area contributed by atoms with E-state index in [2.05, 4.69) is 21.6 Å². The van der Waals surface area contributed by atoms with Gasteiger partial charge in [-0.1, -0.05) is 5.92 Å². The average molecular weight is 257 g/mol. The van der Waals surface area contributed by atoms with E-state index in [9.17, 15) is 18.0 Å². The van der Waals surface area contributed by atoms with Gasteiger partial charge in [-0.15, -0.1) is 0 Å². The van der Waals surface area contributed by atoms with Crippen molar-refractivity contribution in [3.05, 3.63) is 29.6 Å². The zero-order chi connectivity index (χ0) is 13.6. The van der Waals surface area contributed by atoms with E-state index in [1.54, 1.807) is 6.92 Å². The molecule has 0 aromatic carbocycles. The van der Waals surface area contributed by atoms with Crippen molar-refractivity contribution < 1.29 is 22.7 Å². The van der Waals surface area contributed by atoms with Gasteiger partial charge in [0.25, 0.3) is 0 Å². The predicted octanol–water partition coefficient (Wildman–Crippen LogP) is 2.41. The van der Waals surface area contributed by atoms with Gasteiger partial charge in [-0.2, -0.15) is 13.2 Å². The van der Waals surface area contributed by atoms with E-state index in [1.165, 1.54) is 0 Å². The Morgan fingerprint density at radius 2 is 2.17 bits per heavy atom. The highest BCUT2D eigenvalue weighted by atomic mass is 19.4. The van der Waals surface area contributed by atoms with Crippen LogP contribution < -0.4 is 0 Å². The normalized spacial score (nSPS) is 10.4. The largest absolute Gasteiger partial charge is 0.465 e. The lowest BCUT2D eigenvalue weighted by Crippen LogP contribution is -2.05. The molecule has 0 saturated heterocycles. The molecule has 0 aliphatic heterocycles. The minimum atomic E-state index is -4.41. The summed E-state index contributed by atoms with van der Waals surface area (Å²) < 4.78 is 41.3. The van der Waals surface area contributed by atoms with Crippen LogP contribution in [0.25, 0.3) is 0 Å². The lowest BCUT2D eigenvalue weighted by molar-refractivity contribution is -0.142. The van der Waals surface area contributed by atoms with E-state index >= 15 is 0 Å². The van der Waals surface area contributed by atoms with Gasteiger partial charge in [0, 0.05) is 6.20 Å². The van der Waals surface area contributed by atoms with Gasteiger partial charge in [-0.3, -0.25) is 4.79 Å². The smallest absolute Gasteiger partial charge is 0.417 e. The molecule has 1 aromatic rings. The number of carbonyl (C=O) groups excluding carboxylic acids is 1. The lowest BCUT2D eigenvalue weighted by Gasteiger charge is -2.04. The van der Waals surface area contributed by atoms with Gasteiger partial charge in [-0.25, -0.2) is 4.98 Å². The minimum Gasteiger partial charge on any atom is -0.465 e. The molecule has 1 rings (SSSR count). The van der Waals surface area contributed by atoms with E-state index < -0.39 is 17.7 Å². The molecule has 0 saturated carbocycles. The summed E-state index contributed by atoms with van der Waals surface area (Å²) in [5.41, 5.74) is -0.661. The number of pyridine rings is 1. The van der Waals surface area contributed by atoms with E-state index in [0.717, 1.165) is 12.1 Å². The molecule has 1 aromatic heterocycles. The number of carbonyl (C=O) groups is 1. The molecule has 0 atom stereocenters. The quantitative estimate of drug-likeness (QED) is 0.603. The van der Waals surface area contributed by atoms with Crippen LogP contribution in [-0.4, -0.2) is 17.6 Å². The molecule has 0 bridgehead atoms. The first-order valence-corrected chi connectivity index (χ1v) is 5.11. The summed E-state index contributed by atoms with van der Waals surface area (Å²) >= 11 is 0. The van der Waals surface area contributed by atoms with Gasteiger partial charge in [-0.05, 0) is 25.0 Å². The van der Waals surface area contributed by atoms with Crippen molar-refractivity contribution >= 4 is 5.97 Å².